The first kappa shape index (κ1) is 13.2. The van der Waals surface area contributed by atoms with Crippen molar-refractivity contribution in [2.24, 2.45) is 0 Å². The molecule has 0 saturated heterocycles. The second-order valence-electron chi connectivity index (χ2n) is 4.47. The summed E-state index contributed by atoms with van der Waals surface area (Å²) in [5.74, 6) is -0.470. The van der Waals surface area contributed by atoms with Crippen molar-refractivity contribution in [2.45, 2.75) is 25.6 Å². The number of benzene rings is 1. The first-order valence-electron chi connectivity index (χ1n) is 5.02. The van der Waals surface area contributed by atoms with Crippen LogP contribution in [0.3, 0.4) is 0 Å². The van der Waals surface area contributed by atoms with Gasteiger partial charge in [-0.15, -0.1) is 0 Å². The van der Waals surface area contributed by atoms with E-state index in [0.29, 0.717) is 0 Å². The van der Waals surface area contributed by atoms with E-state index in [1.54, 1.807) is 0 Å². The maximum atomic E-state index is 12.7. The lowest BCUT2D eigenvalue weighted by molar-refractivity contribution is -0.139. The van der Waals surface area contributed by atoms with Crippen molar-refractivity contribution in [2.75, 3.05) is 5.32 Å². The number of ether oxygens (including phenoxy) is 1. The van der Waals surface area contributed by atoms with E-state index in [2.05, 4.69) is 21.2 Å². The number of anilines is 1. The van der Waals surface area contributed by atoms with Gasteiger partial charge in [0.1, 0.15) is 5.54 Å². The van der Waals surface area contributed by atoms with E-state index >= 15 is 0 Å². The largest absolute Gasteiger partial charge is 0.421 e. The van der Waals surface area contributed by atoms with E-state index in [9.17, 15) is 18.0 Å². The summed E-state index contributed by atoms with van der Waals surface area (Å²) in [5.41, 5.74) is -1.73. The molecular formula is C11H9BrF3NO2. The Morgan fingerprint density at radius 1 is 1.33 bits per heavy atom. The molecule has 1 heterocycles. The molecule has 0 bridgehead atoms. The number of alkyl halides is 3. The van der Waals surface area contributed by atoms with Crippen LogP contribution in [0.5, 0.6) is 5.75 Å². The number of halogens is 4. The monoisotopic (exact) mass is 323 g/mol. The van der Waals surface area contributed by atoms with E-state index < -0.39 is 23.2 Å². The Hall–Kier alpha value is -1.24. The predicted molar refractivity (Wildman–Crippen MR) is 62.5 cm³/mol. The number of nitrogens with one attached hydrogen (secondary N) is 1. The molecule has 0 amide bonds. The summed E-state index contributed by atoms with van der Waals surface area (Å²) in [6.07, 6.45) is -4.45. The number of fused-ring (bicyclic) bond motifs is 1. The molecule has 0 unspecified atom stereocenters. The van der Waals surface area contributed by atoms with Crippen LogP contribution in [0, 0.1) is 0 Å². The van der Waals surface area contributed by atoms with Crippen LogP contribution in [0.1, 0.15) is 19.4 Å². The Morgan fingerprint density at radius 2 is 1.94 bits per heavy atom. The normalized spacial score (nSPS) is 17.8. The molecule has 7 heteroatoms. The van der Waals surface area contributed by atoms with Crippen molar-refractivity contribution in [1.29, 1.82) is 0 Å². The SMILES string of the molecule is CC1(C)Nc2cc(C(F)(F)F)cc(Br)c2OC1=O. The van der Waals surface area contributed by atoms with Gasteiger partial charge in [0.15, 0.2) is 5.75 Å². The average molecular weight is 324 g/mol. The van der Waals surface area contributed by atoms with Crippen LogP contribution in [0.15, 0.2) is 16.6 Å². The zero-order valence-electron chi connectivity index (χ0n) is 9.48. The summed E-state index contributed by atoms with van der Waals surface area (Å²) in [6, 6.07) is 1.81. The van der Waals surface area contributed by atoms with Gasteiger partial charge < -0.3 is 10.1 Å². The van der Waals surface area contributed by atoms with E-state index in [4.69, 9.17) is 4.74 Å². The Kier molecular flexibility index (Phi) is 2.84. The van der Waals surface area contributed by atoms with Gasteiger partial charge in [-0.2, -0.15) is 13.2 Å². The Labute approximate surface area is 109 Å². The van der Waals surface area contributed by atoms with Crippen molar-refractivity contribution < 1.29 is 22.7 Å². The van der Waals surface area contributed by atoms with Crippen molar-refractivity contribution >= 4 is 27.6 Å². The fraction of sp³-hybridized carbons (Fsp3) is 0.364. The first-order chi connectivity index (χ1) is 8.11. The molecule has 18 heavy (non-hydrogen) atoms. The van der Waals surface area contributed by atoms with Gasteiger partial charge in [-0.1, -0.05) is 0 Å². The first-order valence-corrected chi connectivity index (χ1v) is 5.82. The summed E-state index contributed by atoms with van der Waals surface area (Å²) in [6.45, 7) is 3.07. The molecule has 98 valence electrons. The van der Waals surface area contributed by atoms with Crippen molar-refractivity contribution in [1.82, 2.24) is 0 Å². The summed E-state index contributed by atoms with van der Waals surface area (Å²) >= 11 is 2.97. The van der Waals surface area contributed by atoms with Gasteiger partial charge in [0.05, 0.1) is 15.7 Å². The minimum Gasteiger partial charge on any atom is -0.421 e. The molecular weight excluding hydrogens is 315 g/mol. The maximum Gasteiger partial charge on any atom is 0.416 e. The van der Waals surface area contributed by atoms with Gasteiger partial charge in [-0.3, -0.25) is 0 Å². The minimum atomic E-state index is -4.45. The number of rotatable bonds is 0. The van der Waals surface area contributed by atoms with E-state index in [1.807, 2.05) is 0 Å². The molecule has 1 aliphatic heterocycles. The van der Waals surface area contributed by atoms with Crippen LogP contribution in [0.2, 0.25) is 0 Å². The molecule has 0 aromatic heterocycles. The molecule has 0 atom stereocenters. The van der Waals surface area contributed by atoms with Gasteiger partial charge >= 0.3 is 12.1 Å². The Bertz CT molecular complexity index is 526. The van der Waals surface area contributed by atoms with E-state index in [-0.39, 0.29) is 15.9 Å². The maximum absolute atomic E-state index is 12.7. The highest BCUT2D eigenvalue weighted by molar-refractivity contribution is 9.10. The summed E-state index contributed by atoms with van der Waals surface area (Å²) in [7, 11) is 0. The highest BCUT2D eigenvalue weighted by Gasteiger charge is 2.39. The molecule has 1 aliphatic rings. The lowest BCUT2D eigenvalue weighted by atomic mass is 10.0. The standard InChI is InChI=1S/C11H9BrF3NO2/c1-10(2)9(17)18-8-6(12)3-5(11(13,14)15)4-7(8)16-10/h3-4,16H,1-2H3. The Morgan fingerprint density at radius 3 is 2.50 bits per heavy atom. The highest BCUT2D eigenvalue weighted by atomic mass is 79.9. The number of hydrogen-bond donors (Lipinski definition) is 1. The highest BCUT2D eigenvalue weighted by Crippen LogP contribution is 2.43. The molecule has 1 N–H and O–H groups in total. The lowest BCUT2D eigenvalue weighted by Crippen LogP contribution is -2.46. The zero-order chi connectivity index (χ0) is 13.7. The number of hydrogen-bond acceptors (Lipinski definition) is 3. The predicted octanol–water partition coefficient (Wildman–Crippen LogP) is 3.58. The zero-order valence-corrected chi connectivity index (χ0v) is 11.1. The second kappa shape index (κ2) is 3.88. The molecule has 1 aromatic carbocycles. The van der Waals surface area contributed by atoms with Gasteiger partial charge in [-0.25, -0.2) is 4.79 Å². The quantitative estimate of drug-likeness (QED) is 0.586. The van der Waals surface area contributed by atoms with Crippen LogP contribution in [-0.2, 0) is 11.0 Å². The van der Waals surface area contributed by atoms with Crippen LogP contribution in [0.25, 0.3) is 0 Å². The fourth-order valence-electron chi connectivity index (χ4n) is 1.56. The van der Waals surface area contributed by atoms with Gasteiger partial charge in [0, 0.05) is 0 Å². The van der Waals surface area contributed by atoms with Crippen molar-refractivity contribution in [3.8, 4) is 5.75 Å². The number of carbonyl (C=O) groups is 1. The number of esters is 1. The molecule has 0 fully saturated rings. The molecule has 0 spiro atoms. The molecule has 2 rings (SSSR count). The van der Waals surface area contributed by atoms with Gasteiger partial charge in [-0.05, 0) is 41.9 Å². The molecule has 0 radical (unpaired) electrons. The average Bonchev–Trinajstić information content (AvgIpc) is 2.19. The fourth-order valence-corrected chi connectivity index (χ4v) is 2.10. The molecule has 0 saturated carbocycles. The summed E-state index contributed by atoms with van der Waals surface area (Å²) in [5, 5.41) is 2.73. The molecule has 1 aromatic rings. The van der Waals surface area contributed by atoms with Gasteiger partial charge in [0.2, 0.25) is 0 Å². The van der Waals surface area contributed by atoms with E-state index in [0.717, 1.165) is 12.1 Å². The van der Waals surface area contributed by atoms with Crippen LogP contribution in [0.4, 0.5) is 18.9 Å². The third-order valence-corrected chi connectivity index (χ3v) is 3.11. The topological polar surface area (TPSA) is 38.3 Å². The second-order valence-corrected chi connectivity index (χ2v) is 5.33. The molecule has 3 nitrogen and oxygen atoms in total. The van der Waals surface area contributed by atoms with E-state index in [1.165, 1.54) is 13.8 Å². The number of carbonyl (C=O) groups excluding carboxylic acids is 1. The van der Waals surface area contributed by atoms with Crippen LogP contribution >= 0.6 is 15.9 Å². The van der Waals surface area contributed by atoms with Gasteiger partial charge in [0.25, 0.3) is 0 Å². The lowest BCUT2D eigenvalue weighted by Gasteiger charge is -2.32. The smallest absolute Gasteiger partial charge is 0.416 e. The van der Waals surface area contributed by atoms with Crippen molar-refractivity contribution in [3.63, 3.8) is 0 Å². The third-order valence-electron chi connectivity index (χ3n) is 2.52. The third kappa shape index (κ3) is 2.19. The summed E-state index contributed by atoms with van der Waals surface area (Å²) < 4.78 is 43.1. The van der Waals surface area contributed by atoms with Crippen molar-refractivity contribution in [3.05, 3.63) is 22.2 Å². The Balaban J connectivity index is 2.55. The van der Waals surface area contributed by atoms with Crippen LogP contribution < -0.4 is 10.1 Å². The summed E-state index contributed by atoms with van der Waals surface area (Å²) in [4.78, 5) is 11.6. The molecule has 0 aliphatic carbocycles. The van der Waals surface area contributed by atoms with Crippen LogP contribution in [-0.4, -0.2) is 11.5 Å². The minimum absolute atomic E-state index is 0.0762.